The standard InChI is InChI=1S/C22H21N5O4/c1-13-25-16-10-14(29-2)8-9-17(16)27(13)20-12-23-19(11-24-20)26-22(28)15-6-5-7-18(30-3)21(15)31-4/h5-12H,1-4H3,(H,23,26,28). The van der Waals surface area contributed by atoms with Crippen molar-refractivity contribution in [3.63, 3.8) is 0 Å². The van der Waals surface area contributed by atoms with Crippen molar-refractivity contribution in [1.82, 2.24) is 19.5 Å². The third kappa shape index (κ3) is 3.73. The molecule has 4 aromatic rings. The van der Waals surface area contributed by atoms with Crippen LogP contribution in [0.2, 0.25) is 0 Å². The first-order valence-electron chi connectivity index (χ1n) is 9.43. The van der Waals surface area contributed by atoms with Gasteiger partial charge in [0.25, 0.3) is 5.91 Å². The minimum Gasteiger partial charge on any atom is -0.497 e. The van der Waals surface area contributed by atoms with Gasteiger partial charge < -0.3 is 19.5 Å². The molecule has 0 saturated heterocycles. The molecule has 0 fully saturated rings. The molecule has 9 heteroatoms. The van der Waals surface area contributed by atoms with Crippen molar-refractivity contribution < 1.29 is 19.0 Å². The van der Waals surface area contributed by atoms with Crippen molar-refractivity contribution in [1.29, 1.82) is 0 Å². The van der Waals surface area contributed by atoms with Gasteiger partial charge in [-0.2, -0.15) is 0 Å². The molecule has 0 spiro atoms. The highest BCUT2D eigenvalue weighted by atomic mass is 16.5. The lowest BCUT2D eigenvalue weighted by molar-refractivity contribution is 0.102. The number of carbonyl (C=O) groups is 1. The summed E-state index contributed by atoms with van der Waals surface area (Å²) in [6.07, 6.45) is 3.07. The molecule has 9 nitrogen and oxygen atoms in total. The molecule has 4 rings (SSSR count). The zero-order valence-corrected chi connectivity index (χ0v) is 17.5. The summed E-state index contributed by atoms with van der Waals surface area (Å²) in [6.45, 7) is 1.89. The lowest BCUT2D eigenvalue weighted by Crippen LogP contribution is -2.15. The second-order valence-corrected chi connectivity index (χ2v) is 6.60. The van der Waals surface area contributed by atoms with Gasteiger partial charge in [0.05, 0.1) is 50.3 Å². The normalized spacial score (nSPS) is 10.7. The number of imidazole rings is 1. The number of nitrogens with one attached hydrogen (secondary N) is 1. The van der Waals surface area contributed by atoms with Crippen molar-refractivity contribution in [3.8, 4) is 23.1 Å². The first-order chi connectivity index (χ1) is 15.0. The highest BCUT2D eigenvalue weighted by molar-refractivity contribution is 6.06. The Balaban J connectivity index is 1.61. The number of hydrogen-bond donors (Lipinski definition) is 1. The van der Waals surface area contributed by atoms with Gasteiger partial charge in [-0.25, -0.2) is 15.0 Å². The number of anilines is 1. The van der Waals surface area contributed by atoms with E-state index in [-0.39, 0.29) is 5.91 Å². The molecule has 0 atom stereocenters. The third-order valence-corrected chi connectivity index (χ3v) is 4.79. The monoisotopic (exact) mass is 419 g/mol. The predicted octanol–water partition coefficient (Wildman–Crippen LogP) is 3.40. The Morgan fingerprint density at radius 3 is 2.52 bits per heavy atom. The van der Waals surface area contributed by atoms with E-state index in [1.807, 2.05) is 29.7 Å². The van der Waals surface area contributed by atoms with Crippen molar-refractivity contribution in [2.75, 3.05) is 26.6 Å². The van der Waals surface area contributed by atoms with Crippen LogP contribution in [0.1, 0.15) is 16.2 Å². The van der Waals surface area contributed by atoms with Gasteiger partial charge in [0.1, 0.15) is 11.6 Å². The highest BCUT2D eigenvalue weighted by Gasteiger charge is 2.17. The quantitative estimate of drug-likeness (QED) is 0.511. The molecule has 0 radical (unpaired) electrons. The number of aryl methyl sites for hydroxylation is 1. The van der Waals surface area contributed by atoms with E-state index in [0.29, 0.717) is 28.7 Å². The Morgan fingerprint density at radius 1 is 1.00 bits per heavy atom. The highest BCUT2D eigenvalue weighted by Crippen LogP contribution is 2.31. The molecule has 0 aliphatic rings. The molecular weight excluding hydrogens is 398 g/mol. The number of aromatic nitrogens is 4. The third-order valence-electron chi connectivity index (χ3n) is 4.79. The summed E-state index contributed by atoms with van der Waals surface area (Å²) >= 11 is 0. The largest absolute Gasteiger partial charge is 0.497 e. The Labute approximate surface area is 178 Å². The average molecular weight is 419 g/mol. The molecule has 2 aromatic carbocycles. The van der Waals surface area contributed by atoms with Gasteiger partial charge in [0.2, 0.25) is 0 Å². The summed E-state index contributed by atoms with van der Waals surface area (Å²) in [6, 6.07) is 10.7. The summed E-state index contributed by atoms with van der Waals surface area (Å²) in [5.41, 5.74) is 2.00. The molecule has 1 N–H and O–H groups in total. The molecule has 31 heavy (non-hydrogen) atoms. The first kappa shape index (κ1) is 20.1. The molecule has 0 saturated carbocycles. The maximum absolute atomic E-state index is 12.7. The van der Waals surface area contributed by atoms with Crippen molar-refractivity contribution in [2.45, 2.75) is 6.92 Å². The molecule has 158 valence electrons. The van der Waals surface area contributed by atoms with Crippen molar-refractivity contribution in [2.24, 2.45) is 0 Å². The fourth-order valence-electron chi connectivity index (χ4n) is 3.35. The molecule has 0 aliphatic heterocycles. The van der Waals surface area contributed by atoms with Crippen molar-refractivity contribution >= 4 is 22.8 Å². The molecule has 2 aromatic heterocycles. The number of nitrogens with zero attached hydrogens (tertiary/aromatic N) is 4. The van der Waals surface area contributed by atoms with Crippen LogP contribution in [0.15, 0.2) is 48.8 Å². The van der Waals surface area contributed by atoms with E-state index in [9.17, 15) is 4.79 Å². The zero-order valence-electron chi connectivity index (χ0n) is 17.5. The van der Waals surface area contributed by atoms with Gasteiger partial charge in [0.15, 0.2) is 23.1 Å². The van der Waals surface area contributed by atoms with Crippen LogP contribution in [0.4, 0.5) is 5.82 Å². The van der Waals surface area contributed by atoms with Crippen LogP contribution in [-0.2, 0) is 0 Å². The maximum atomic E-state index is 12.7. The molecular formula is C22H21N5O4. The van der Waals surface area contributed by atoms with E-state index in [0.717, 1.165) is 22.6 Å². The number of hydrogen-bond acceptors (Lipinski definition) is 7. The number of para-hydroxylation sites is 1. The van der Waals surface area contributed by atoms with Crippen LogP contribution in [0.25, 0.3) is 16.9 Å². The summed E-state index contributed by atoms with van der Waals surface area (Å²) in [5, 5.41) is 2.73. The smallest absolute Gasteiger partial charge is 0.260 e. The molecule has 0 bridgehead atoms. The Bertz CT molecular complexity index is 1250. The van der Waals surface area contributed by atoms with Crippen LogP contribution in [0.5, 0.6) is 17.2 Å². The Kier molecular flexibility index (Phi) is 5.40. The zero-order chi connectivity index (χ0) is 22.0. The second kappa shape index (κ2) is 8.31. The van der Waals surface area contributed by atoms with Crippen LogP contribution in [0.3, 0.4) is 0 Å². The first-order valence-corrected chi connectivity index (χ1v) is 9.43. The minimum absolute atomic E-state index is 0.308. The van der Waals surface area contributed by atoms with Crippen LogP contribution < -0.4 is 19.5 Å². The predicted molar refractivity (Wildman–Crippen MR) is 115 cm³/mol. The number of ether oxygens (including phenoxy) is 3. The van der Waals surface area contributed by atoms with E-state index in [4.69, 9.17) is 14.2 Å². The summed E-state index contributed by atoms with van der Waals surface area (Å²) in [5.74, 6) is 2.82. The second-order valence-electron chi connectivity index (χ2n) is 6.60. The van der Waals surface area contributed by atoms with Gasteiger partial charge in [-0.1, -0.05) is 6.07 Å². The van der Waals surface area contributed by atoms with Gasteiger partial charge in [0, 0.05) is 6.07 Å². The van der Waals surface area contributed by atoms with Crippen molar-refractivity contribution in [3.05, 3.63) is 60.2 Å². The van der Waals surface area contributed by atoms with Gasteiger partial charge in [-0.15, -0.1) is 0 Å². The maximum Gasteiger partial charge on any atom is 0.260 e. The molecule has 1 amide bonds. The van der Waals surface area contributed by atoms with Crippen LogP contribution in [0, 0.1) is 6.92 Å². The van der Waals surface area contributed by atoms with Gasteiger partial charge in [-0.05, 0) is 31.2 Å². The number of carbonyl (C=O) groups excluding carboxylic acids is 1. The van der Waals surface area contributed by atoms with E-state index >= 15 is 0 Å². The summed E-state index contributed by atoms with van der Waals surface area (Å²) in [4.78, 5) is 26.1. The van der Waals surface area contributed by atoms with Gasteiger partial charge in [-0.3, -0.25) is 9.36 Å². The van der Waals surface area contributed by atoms with Crippen LogP contribution in [-0.4, -0.2) is 46.8 Å². The number of amides is 1. The SMILES string of the molecule is COc1ccc2c(c1)nc(C)n2-c1cnc(NC(=O)c2cccc(OC)c2OC)cn1. The number of benzene rings is 2. The van der Waals surface area contributed by atoms with E-state index < -0.39 is 0 Å². The Hall–Kier alpha value is -4.14. The number of methoxy groups -OCH3 is 3. The van der Waals surface area contributed by atoms with Crippen LogP contribution >= 0.6 is 0 Å². The molecule has 0 unspecified atom stereocenters. The van der Waals surface area contributed by atoms with E-state index in [2.05, 4.69) is 20.3 Å². The number of rotatable bonds is 6. The fourth-order valence-corrected chi connectivity index (χ4v) is 3.35. The molecule has 0 aliphatic carbocycles. The minimum atomic E-state index is -0.380. The van der Waals surface area contributed by atoms with E-state index in [1.165, 1.54) is 20.4 Å². The summed E-state index contributed by atoms with van der Waals surface area (Å²) < 4.78 is 17.7. The lowest BCUT2D eigenvalue weighted by atomic mass is 10.1. The fraction of sp³-hybridized carbons (Fsp3) is 0.182. The lowest BCUT2D eigenvalue weighted by Gasteiger charge is -2.12. The number of fused-ring (bicyclic) bond motifs is 1. The molecule has 2 heterocycles. The average Bonchev–Trinajstić information content (AvgIpc) is 3.13. The van der Waals surface area contributed by atoms with Gasteiger partial charge >= 0.3 is 0 Å². The summed E-state index contributed by atoms with van der Waals surface area (Å²) in [7, 11) is 4.61. The van der Waals surface area contributed by atoms with E-state index in [1.54, 1.807) is 31.5 Å². The topological polar surface area (TPSA) is 100 Å². The Morgan fingerprint density at radius 2 is 1.84 bits per heavy atom.